The number of carbonyl (C=O) groups excluding carboxylic acids is 4. The van der Waals surface area contributed by atoms with Crippen molar-refractivity contribution in [3.05, 3.63) is 65.2 Å². The molecule has 0 radical (unpaired) electrons. The first-order chi connectivity index (χ1) is 16.3. The van der Waals surface area contributed by atoms with E-state index in [0.717, 1.165) is 11.1 Å². The van der Waals surface area contributed by atoms with Crippen molar-refractivity contribution in [2.45, 2.75) is 38.8 Å². The Labute approximate surface area is 198 Å². The molecule has 2 atom stereocenters. The van der Waals surface area contributed by atoms with Gasteiger partial charge in [-0.15, -0.1) is 0 Å². The van der Waals surface area contributed by atoms with Crippen LogP contribution >= 0.6 is 0 Å². The predicted octanol–water partition coefficient (Wildman–Crippen LogP) is 0.856. The Hall–Kier alpha value is -3.88. The Balaban J connectivity index is 1.75. The predicted molar refractivity (Wildman–Crippen MR) is 126 cm³/mol. The number of hydrogen-bond acceptors (Lipinski definition) is 5. The summed E-state index contributed by atoms with van der Waals surface area (Å²) in [6.07, 6.45) is 0.289. The number of aryl methyl sites for hydroxylation is 1. The van der Waals surface area contributed by atoms with Gasteiger partial charge in [-0.05, 0) is 38.0 Å². The zero-order valence-corrected chi connectivity index (χ0v) is 19.4. The SMILES string of the molecule is Cc1cccc(CCNC(=O)[C@@H]2CC(=O)N[C@@H](C)C(=O)NCCOc3ccccc3C(=O)N2)c1. The largest absolute Gasteiger partial charge is 0.491 e. The minimum atomic E-state index is -1.13. The average Bonchev–Trinajstić information content (AvgIpc) is 2.80. The molecule has 4 amide bonds. The number of para-hydroxylation sites is 1. The van der Waals surface area contributed by atoms with Crippen LogP contribution in [0, 0.1) is 6.92 Å². The van der Waals surface area contributed by atoms with Crippen LogP contribution < -0.4 is 26.0 Å². The molecule has 0 unspecified atom stereocenters. The Bertz CT molecular complexity index is 1060. The number of ether oxygens (including phenoxy) is 1. The molecule has 34 heavy (non-hydrogen) atoms. The van der Waals surface area contributed by atoms with E-state index in [2.05, 4.69) is 21.3 Å². The lowest BCUT2D eigenvalue weighted by molar-refractivity contribution is -0.130. The molecular formula is C25H30N4O5. The van der Waals surface area contributed by atoms with Crippen molar-refractivity contribution in [3.8, 4) is 5.75 Å². The molecule has 1 aliphatic heterocycles. The number of nitrogens with one attached hydrogen (secondary N) is 4. The van der Waals surface area contributed by atoms with Gasteiger partial charge in [0, 0.05) is 6.54 Å². The Morgan fingerprint density at radius 2 is 1.88 bits per heavy atom. The molecule has 0 bridgehead atoms. The monoisotopic (exact) mass is 466 g/mol. The van der Waals surface area contributed by atoms with Gasteiger partial charge in [-0.25, -0.2) is 0 Å². The van der Waals surface area contributed by atoms with Gasteiger partial charge >= 0.3 is 0 Å². The Morgan fingerprint density at radius 1 is 1.09 bits per heavy atom. The molecule has 9 nitrogen and oxygen atoms in total. The van der Waals surface area contributed by atoms with E-state index in [1.54, 1.807) is 31.2 Å². The van der Waals surface area contributed by atoms with E-state index in [1.807, 2.05) is 31.2 Å². The highest BCUT2D eigenvalue weighted by Crippen LogP contribution is 2.18. The van der Waals surface area contributed by atoms with E-state index in [4.69, 9.17) is 4.74 Å². The van der Waals surface area contributed by atoms with Crippen LogP contribution in [0.4, 0.5) is 0 Å². The van der Waals surface area contributed by atoms with Crippen LogP contribution in [0.3, 0.4) is 0 Å². The smallest absolute Gasteiger partial charge is 0.255 e. The molecule has 2 aromatic carbocycles. The third kappa shape index (κ3) is 7.06. The molecule has 0 fully saturated rings. The second kappa shape index (κ2) is 11.8. The summed E-state index contributed by atoms with van der Waals surface area (Å²) in [7, 11) is 0. The summed E-state index contributed by atoms with van der Waals surface area (Å²) < 4.78 is 5.66. The lowest BCUT2D eigenvalue weighted by Gasteiger charge is -2.21. The summed E-state index contributed by atoms with van der Waals surface area (Å²) in [6, 6.07) is 12.6. The molecule has 2 aromatic rings. The fourth-order valence-corrected chi connectivity index (χ4v) is 3.59. The molecule has 4 N–H and O–H groups in total. The molecular weight excluding hydrogens is 436 g/mol. The molecule has 0 aliphatic carbocycles. The van der Waals surface area contributed by atoms with Crippen LogP contribution in [0.25, 0.3) is 0 Å². The van der Waals surface area contributed by atoms with Crippen molar-refractivity contribution in [3.63, 3.8) is 0 Å². The molecule has 180 valence electrons. The first-order valence-electron chi connectivity index (χ1n) is 11.3. The maximum absolute atomic E-state index is 13.0. The molecule has 0 aromatic heterocycles. The third-order valence-electron chi connectivity index (χ3n) is 5.37. The number of rotatable bonds is 4. The van der Waals surface area contributed by atoms with E-state index >= 15 is 0 Å². The van der Waals surface area contributed by atoms with Gasteiger partial charge < -0.3 is 26.0 Å². The minimum Gasteiger partial charge on any atom is -0.491 e. The molecule has 0 spiro atoms. The van der Waals surface area contributed by atoms with Crippen molar-refractivity contribution in [1.29, 1.82) is 0 Å². The minimum absolute atomic E-state index is 0.138. The average molecular weight is 467 g/mol. The fourth-order valence-electron chi connectivity index (χ4n) is 3.59. The van der Waals surface area contributed by atoms with Gasteiger partial charge in [0.05, 0.1) is 18.5 Å². The number of hydrogen-bond donors (Lipinski definition) is 4. The van der Waals surface area contributed by atoms with Crippen LogP contribution in [-0.2, 0) is 20.8 Å². The number of benzene rings is 2. The molecule has 0 saturated heterocycles. The lowest BCUT2D eigenvalue weighted by Crippen LogP contribution is -2.52. The first kappa shape index (κ1) is 24.8. The van der Waals surface area contributed by atoms with E-state index in [0.29, 0.717) is 18.7 Å². The second-order valence-corrected chi connectivity index (χ2v) is 8.19. The number of carbonyl (C=O) groups is 4. The zero-order chi connectivity index (χ0) is 24.5. The summed E-state index contributed by atoms with van der Waals surface area (Å²) in [4.78, 5) is 50.7. The number of amides is 4. The molecule has 1 heterocycles. The maximum atomic E-state index is 13.0. The fraction of sp³-hybridized carbons (Fsp3) is 0.360. The standard InChI is InChI=1S/C25H30N4O5/c1-16-6-5-7-18(14-16)10-11-26-25(33)20-15-22(30)28-17(2)23(31)27-12-13-34-21-9-4-3-8-19(21)24(32)29-20/h3-9,14,17,20H,10-13,15H2,1-2H3,(H,26,33)(H,27,31)(H,28,30)(H,29,32)/t17-,20-/m0/s1. The van der Waals surface area contributed by atoms with Crippen LogP contribution in [0.5, 0.6) is 5.75 Å². The van der Waals surface area contributed by atoms with Gasteiger partial charge in [0.1, 0.15) is 24.4 Å². The first-order valence-corrected chi connectivity index (χ1v) is 11.3. The molecule has 3 rings (SSSR count). The van der Waals surface area contributed by atoms with Crippen LogP contribution in [0.2, 0.25) is 0 Å². The van der Waals surface area contributed by atoms with E-state index in [1.165, 1.54) is 0 Å². The second-order valence-electron chi connectivity index (χ2n) is 8.19. The normalized spacial score (nSPS) is 19.4. The maximum Gasteiger partial charge on any atom is 0.255 e. The van der Waals surface area contributed by atoms with Crippen molar-refractivity contribution in [2.75, 3.05) is 19.7 Å². The van der Waals surface area contributed by atoms with Gasteiger partial charge in [0.2, 0.25) is 17.7 Å². The molecule has 1 aliphatic rings. The van der Waals surface area contributed by atoms with Gasteiger partial charge in [0.15, 0.2) is 0 Å². The van der Waals surface area contributed by atoms with Crippen molar-refractivity contribution >= 4 is 23.6 Å². The van der Waals surface area contributed by atoms with Crippen molar-refractivity contribution in [1.82, 2.24) is 21.3 Å². The highest BCUT2D eigenvalue weighted by atomic mass is 16.5. The van der Waals surface area contributed by atoms with E-state index in [9.17, 15) is 19.2 Å². The Kier molecular flexibility index (Phi) is 8.61. The Morgan fingerprint density at radius 3 is 2.68 bits per heavy atom. The lowest BCUT2D eigenvalue weighted by atomic mass is 10.1. The highest BCUT2D eigenvalue weighted by Gasteiger charge is 2.27. The zero-order valence-electron chi connectivity index (χ0n) is 19.4. The van der Waals surface area contributed by atoms with Crippen LogP contribution in [0.1, 0.15) is 34.8 Å². The van der Waals surface area contributed by atoms with Crippen LogP contribution in [0.15, 0.2) is 48.5 Å². The van der Waals surface area contributed by atoms with Crippen LogP contribution in [-0.4, -0.2) is 55.4 Å². The summed E-state index contributed by atoms with van der Waals surface area (Å²) in [5.74, 6) is -1.59. The summed E-state index contributed by atoms with van der Waals surface area (Å²) in [6.45, 7) is 4.23. The molecule has 0 saturated carbocycles. The van der Waals surface area contributed by atoms with Gasteiger partial charge in [-0.3, -0.25) is 19.2 Å². The van der Waals surface area contributed by atoms with Crippen molar-refractivity contribution in [2.24, 2.45) is 0 Å². The summed E-state index contributed by atoms with van der Waals surface area (Å²) in [5.41, 5.74) is 2.43. The quantitative estimate of drug-likeness (QED) is 0.532. The van der Waals surface area contributed by atoms with E-state index < -0.39 is 29.8 Å². The van der Waals surface area contributed by atoms with E-state index in [-0.39, 0.29) is 31.0 Å². The third-order valence-corrected chi connectivity index (χ3v) is 5.37. The molecule has 9 heteroatoms. The van der Waals surface area contributed by atoms with Gasteiger partial charge in [-0.1, -0.05) is 42.0 Å². The topological polar surface area (TPSA) is 126 Å². The summed E-state index contributed by atoms with van der Waals surface area (Å²) in [5, 5.41) is 10.7. The van der Waals surface area contributed by atoms with Gasteiger partial charge in [0.25, 0.3) is 5.91 Å². The van der Waals surface area contributed by atoms with Gasteiger partial charge in [-0.2, -0.15) is 0 Å². The number of fused-ring (bicyclic) bond motifs is 1. The summed E-state index contributed by atoms with van der Waals surface area (Å²) >= 11 is 0. The highest BCUT2D eigenvalue weighted by molar-refractivity contribution is 6.01. The van der Waals surface area contributed by atoms with Crippen molar-refractivity contribution < 1.29 is 23.9 Å².